The third kappa shape index (κ3) is 3.34. The van der Waals surface area contributed by atoms with E-state index in [1.165, 1.54) is 0 Å². The summed E-state index contributed by atoms with van der Waals surface area (Å²) in [5, 5.41) is 0.700. The first-order chi connectivity index (χ1) is 7.10. The van der Waals surface area contributed by atoms with Crippen LogP contribution in [0, 0.1) is 12.3 Å². The molecule has 0 saturated heterocycles. The Labute approximate surface area is 98.1 Å². The van der Waals surface area contributed by atoms with Crippen LogP contribution in [0.3, 0.4) is 0 Å². The molecular weight excluding hydrogens is 278 g/mol. The summed E-state index contributed by atoms with van der Waals surface area (Å²) in [5.41, 5.74) is 1.02. The first-order valence-electron chi connectivity index (χ1n) is 4.18. The molecule has 0 bridgehead atoms. The maximum atomic E-state index is 11.6. The van der Waals surface area contributed by atoms with Gasteiger partial charge in [-0.15, -0.1) is 6.42 Å². The van der Waals surface area contributed by atoms with Gasteiger partial charge in [-0.3, -0.25) is 0 Å². The Hall–Kier alpha value is -0.830. The first kappa shape index (κ1) is 12.2. The van der Waals surface area contributed by atoms with E-state index in [0.29, 0.717) is 5.33 Å². The Morgan fingerprint density at radius 3 is 2.40 bits per heavy atom. The van der Waals surface area contributed by atoms with E-state index in [2.05, 4.69) is 26.6 Å². The van der Waals surface area contributed by atoms with E-state index < -0.39 is 10.0 Å². The van der Waals surface area contributed by atoms with Crippen LogP contribution in [0.5, 0.6) is 0 Å². The van der Waals surface area contributed by atoms with E-state index in [0.717, 1.165) is 5.56 Å². The van der Waals surface area contributed by atoms with Crippen LogP contribution in [0.15, 0.2) is 29.2 Å². The van der Waals surface area contributed by atoms with Crippen molar-refractivity contribution >= 4 is 26.0 Å². The number of benzene rings is 1. The molecule has 0 amide bonds. The van der Waals surface area contributed by atoms with Gasteiger partial charge in [0.05, 0.1) is 11.4 Å². The Morgan fingerprint density at radius 1 is 1.33 bits per heavy atom. The monoisotopic (exact) mass is 287 g/mol. The average Bonchev–Trinajstić information content (AvgIpc) is 2.26. The summed E-state index contributed by atoms with van der Waals surface area (Å²) >= 11 is 3.28. The fraction of sp³-hybridized carbons (Fsp3) is 0.200. The topological polar surface area (TPSA) is 46.2 Å². The van der Waals surface area contributed by atoms with Crippen LogP contribution in [0.4, 0.5) is 0 Å². The Morgan fingerprint density at radius 2 is 1.93 bits per heavy atom. The van der Waals surface area contributed by atoms with Crippen molar-refractivity contribution in [2.75, 3.05) is 6.54 Å². The third-order valence-electron chi connectivity index (χ3n) is 1.75. The van der Waals surface area contributed by atoms with Crippen molar-refractivity contribution in [1.29, 1.82) is 0 Å². The van der Waals surface area contributed by atoms with E-state index >= 15 is 0 Å². The van der Waals surface area contributed by atoms with E-state index in [4.69, 9.17) is 6.42 Å². The van der Waals surface area contributed by atoms with Crippen molar-refractivity contribution in [3.05, 3.63) is 29.8 Å². The molecule has 0 aliphatic heterocycles. The molecule has 1 aromatic rings. The molecule has 1 N–H and O–H groups in total. The summed E-state index contributed by atoms with van der Waals surface area (Å²) < 4.78 is 25.4. The van der Waals surface area contributed by atoms with Gasteiger partial charge in [0.15, 0.2) is 0 Å². The number of hydrogen-bond acceptors (Lipinski definition) is 2. The molecule has 0 aromatic heterocycles. The third-order valence-corrected chi connectivity index (χ3v) is 3.82. The lowest BCUT2D eigenvalue weighted by Crippen LogP contribution is -2.23. The molecular formula is C10H10BrNO2S. The summed E-state index contributed by atoms with van der Waals surface area (Å²) in [7, 11) is -3.46. The summed E-state index contributed by atoms with van der Waals surface area (Å²) in [6, 6.07) is 6.60. The molecule has 0 saturated carbocycles. The van der Waals surface area contributed by atoms with Crippen molar-refractivity contribution in [3.63, 3.8) is 0 Å². The molecule has 0 aliphatic carbocycles. The second kappa shape index (κ2) is 5.31. The lowest BCUT2D eigenvalue weighted by atomic mass is 10.2. The van der Waals surface area contributed by atoms with Crippen LogP contribution in [0.2, 0.25) is 0 Å². The first-order valence-corrected chi connectivity index (χ1v) is 6.78. The molecule has 0 aliphatic rings. The summed E-state index contributed by atoms with van der Waals surface area (Å²) in [4.78, 5) is 0.224. The molecule has 3 nitrogen and oxygen atoms in total. The van der Waals surface area contributed by atoms with E-state index in [1.807, 2.05) is 0 Å². The molecule has 0 heterocycles. The largest absolute Gasteiger partial charge is 0.241 e. The zero-order chi connectivity index (χ0) is 11.3. The molecule has 0 radical (unpaired) electrons. The van der Waals surface area contributed by atoms with Gasteiger partial charge in [0.2, 0.25) is 10.0 Å². The van der Waals surface area contributed by atoms with Gasteiger partial charge in [0.25, 0.3) is 0 Å². The van der Waals surface area contributed by atoms with Crippen molar-refractivity contribution < 1.29 is 8.42 Å². The minimum Gasteiger partial charge on any atom is -0.207 e. The lowest BCUT2D eigenvalue weighted by molar-refractivity contribution is 0.586. The van der Waals surface area contributed by atoms with Crippen molar-refractivity contribution in [1.82, 2.24) is 4.72 Å². The fourth-order valence-electron chi connectivity index (χ4n) is 0.978. The highest BCUT2D eigenvalue weighted by atomic mass is 79.9. The highest BCUT2D eigenvalue weighted by Gasteiger charge is 2.11. The Balaban J connectivity index is 2.92. The Bertz CT molecular complexity index is 459. The summed E-state index contributed by atoms with van der Waals surface area (Å²) in [6.45, 7) is 0.00251. The summed E-state index contributed by atoms with van der Waals surface area (Å²) in [6.07, 6.45) is 4.98. The molecule has 1 aromatic carbocycles. The van der Waals surface area contributed by atoms with Gasteiger partial charge >= 0.3 is 0 Å². The molecule has 1 rings (SSSR count). The van der Waals surface area contributed by atoms with Gasteiger partial charge in [0, 0.05) is 5.33 Å². The van der Waals surface area contributed by atoms with Crippen LogP contribution in [0.25, 0.3) is 0 Å². The molecule has 0 spiro atoms. The quantitative estimate of drug-likeness (QED) is 0.674. The standard InChI is InChI=1S/C10H10BrNO2S/c1-2-7-12-15(13,14)10-5-3-9(8-11)4-6-10/h1,3-6,12H,7-8H2. The van der Waals surface area contributed by atoms with Crippen LogP contribution in [0.1, 0.15) is 5.56 Å². The molecule has 0 fully saturated rings. The zero-order valence-corrected chi connectivity index (χ0v) is 10.3. The van der Waals surface area contributed by atoms with Gasteiger partial charge in [-0.2, -0.15) is 4.72 Å². The van der Waals surface area contributed by atoms with Gasteiger partial charge < -0.3 is 0 Å². The average molecular weight is 288 g/mol. The SMILES string of the molecule is C#CCNS(=O)(=O)c1ccc(CBr)cc1. The fourth-order valence-corrected chi connectivity index (χ4v) is 2.29. The van der Waals surface area contributed by atoms with Gasteiger partial charge in [-0.05, 0) is 17.7 Å². The number of hydrogen-bond donors (Lipinski definition) is 1. The second-order valence-electron chi connectivity index (χ2n) is 2.81. The predicted molar refractivity (Wildman–Crippen MR) is 63.1 cm³/mol. The van der Waals surface area contributed by atoms with Crippen molar-refractivity contribution in [2.24, 2.45) is 0 Å². The lowest BCUT2D eigenvalue weighted by Gasteiger charge is -2.04. The highest BCUT2D eigenvalue weighted by Crippen LogP contribution is 2.12. The smallest absolute Gasteiger partial charge is 0.207 e. The maximum absolute atomic E-state index is 11.6. The van der Waals surface area contributed by atoms with E-state index in [9.17, 15) is 8.42 Å². The maximum Gasteiger partial charge on any atom is 0.241 e. The number of halogens is 1. The number of alkyl halides is 1. The minimum absolute atomic E-state index is 0.00251. The molecule has 15 heavy (non-hydrogen) atoms. The van der Waals surface area contributed by atoms with E-state index in [1.54, 1.807) is 24.3 Å². The highest BCUT2D eigenvalue weighted by molar-refractivity contribution is 9.08. The number of terminal acetylenes is 1. The molecule has 0 unspecified atom stereocenters. The number of rotatable bonds is 4. The van der Waals surface area contributed by atoms with Crippen LogP contribution >= 0.6 is 15.9 Å². The molecule has 0 atom stereocenters. The van der Waals surface area contributed by atoms with Gasteiger partial charge in [-0.1, -0.05) is 34.0 Å². The van der Waals surface area contributed by atoms with Crippen molar-refractivity contribution in [2.45, 2.75) is 10.2 Å². The van der Waals surface area contributed by atoms with Gasteiger partial charge in [0.1, 0.15) is 0 Å². The van der Waals surface area contributed by atoms with Crippen LogP contribution < -0.4 is 4.72 Å². The van der Waals surface area contributed by atoms with E-state index in [-0.39, 0.29) is 11.4 Å². The number of nitrogens with one attached hydrogen (secondary N) is 1. The zero-order valence-electron chi connectivity index (χ0n) is 7.90. The normalized spacial score (nSPS) is 10.9. The summed E-state index contributed by atoms with van der Waals surface area (Å²) in [5.74, 6) is 2.22. The van der Waals surface area contributed by atoms with Gasteiger partial charge in [-0.25, -0.2) is 8.42 Å². The second-order valence-corrected chi connectivity index (χ2v) is 5.13. The van der Waals surface area contributed by atoms with Crippen LogP contribution in [-0.2, 0) is 15.4 Å². The van der Waals surface area contributed by atoms with Crippen molar-refractivity contribution in [3.8, 4) is 12.3 Å². The Kier molecular flexibility index (Phi) is 4.33. The predicted octanol–water partition coefficient (Wildman–Crippen LogP) is 1.49. The number of sulfonamides is 1. The van der Waals surface area contributed by atoms with Crippen LogP contribution in [-0.4, -0.2) is 15.0 Å². The molecule has 5 heteroatoms. The minimum atomic E-state index is -3.46. The molecule has 80 valence electrons.